The predicted molar refractivity (Wildman–Crippen MR) is 104 cm³/mol. The van der Waals surface area contributed by atoms with E-state index in [2.05, 4.69) is 5.32 Å². The number of carbonyl (C=O) groups excluding carboxylic acids is 3. The monoisotopic (exact) mass is 387 g/mol. The van der Waals surface area contributed by atoms with Crippen LogP contribution in [0.4, 0.5) is 5.69 Å². The van der Waals surface area contributed by atoms with E-state index in [0.717, 1.165) is 5.56 Å². The lowest BCUT2D eigenvalue weighted by Gasteiger charge is -2.15. The smallest absolute Gasteiger partial charge is 0.338 e. The average Bonchev–Trinajstić information content (AvgIpc) is 2.61. The van der Waals surface area contributed by atoms with Crippen molar-refractivity contribution in [1.29, 1.82) is 0 Å². The van der Waals surface area contributed by atoms with Gasteiger partial charge in [0.25, 0.3) is 5.91 Å². The minimum Gasteiger partial charge on any atom is -0.449 e. The highest BCUT2D eigenvalue weighted by Crippen LogP contribution is 2.16. The van der Waals surface area contributed by atoms with E-state index < -0.39 is 28.8 Å². The molecular formula is C20H21NO5S. The number of ketones is 1. The molecule has 0 saturated carbocycles. The molecule has 1 N–H and O–H groups in total. The van der Waals surface area contributed by atoms with Crippen molar-refractivity contribution in [3.05, 3.63) is 65.2 Å². The van der Waals surface area contributed by atoms with Crippen LogP contribution in [0.25, 0.3) is 0 Å². The van der Waals surface area contributed by atoms with Crippen molar-refractivity contribution < 1.29 is 23.3 Å². The standard InChI is InChI=1S/C20H21NO5S/c1-13(22)17-9-4-5-10-18(17)21-19(23)14(2)26-20(24)16-8-6-7-15(11-16)12-27(3)25/h4-11,14H,12H2,1-3H3,(H,21,23). The molecule has 2 unspecified atom stereocenters. The highest BCUT2D eigenvalue weighted by atomic mass is 32.2. The molecule has 2 rings (SSSR count). The molecular weight excluding hydrogens is 366 g/mol. The number of hydrogen-bond acceptors (Lipinski definition) is 5. The summed E-state index contributed by atoms with van der Waals surface area (Å²) in [7, 11) is -1.03. The second-order valence-electron chi connectivity index (χ2n) is 6.06. The van der Waals surface area contributed by atoms with Gasteiger partial charge in [0, 0.05) is 28.4 Å². The summed E-state index contributed by atoms with van der Waals surface area (Å²) in [6.45, 7) is 2.86. The Labute approximate surface area is 160 Å². The van der Waals surface area contributed by atoms with E-state index in [9.17, 15) is 18.6 Å². The third-order valence-electron chi connectivity index (χ3n) is 3.75. The topological polar surface area (TPSA) is 89.5 Å². The van der Waals surface area contributed by atoms with Crippen LogP contribution in [-0.4, -0.2) is 34.2 Å². The number of ether oxygens (including phenoxy) is 1. The maximum atomic E-state index is 12.3. The fraction of sp³-hybridized carbons (Fsp3) is 0.250. The Bertz CT molecular complexity index is 893. The highest BCUT2D eigenvalue weighted by molar-refractivity contribution is 7.83. The number of para-hydroxylation sites is 1. The van der Waals surface area contributed by atoms with Gasteiger partial charge in [0.05, 0.1) is 11.3 Å². The number of anilines is 1. The molecule has 142 valence electrons. The lowest BCUT2D eigenvalue weighted by atomic mass is 10.1. The van der Waals surface area contributed by atoms with E-state index >= 15 is 0 Å². The van der Waals surface area contributed by atoms with Crippen LogP contribution in [0.1, 0.15) is 40.1 Å². The van der Waals surface area contributed by atoms with E-state index in [-0.39, 0.29) is 11.3 Å². The number of hydrogen-bond donors (Lipinski definition) is 1. The van der Waals surface area contributed by atoms with Gasteiger partial charge in [-0.15, -0.1) is 0 Å². The Kier molecular flexibility index (Phi) is 7.01. The van der Waals surface area contributed by atoms with E-state index in [1.54, 1.807) is 54.8 Å². The largest absolute Gasteiger partial charge is 0.449 e. The summed E-state index contributed by atoms with van der Waals surface area (Å²) in [6, 6.07) is 13.2. The molecule has 0 aliphatic rings. The van der Waals surface area contributed by atoms with E-state index in [0.29, 0.717) is 17.0 Å². The highest BCUT2D eigenvalue weighted by Gasteiger charge is 2.20. The van der Waals surface area contributed by atoms with Crippen LogP contribution >= 0.6 is 0 Å². The third-order valence-corrected chi connectivity index (χ3v) is 4.49. The fourth-order valence-electron chi connectivity index (χ4n) is 2.44. The minimum atomic E-state index is -1.05. The number of rotatable bonds is 7. The van der Waals surface area contributed by atoms with Crippen LogP contribution in [0, 0.1) is 0 Å². The zero-order chi connectivity index (χ0) is 20.0. The van der Waals surface area contributed by atoms with Crippen molar-refractivity contribution >= 4 is 34.1 Å². The van der Waals surface area contributed by atoms with Gasteiger partial charge in [-0.3, -0.25) is 13.8 Å². The molecule has 0 saturated heterocycles. The number of nitrogens with one attached hydrogen (secondary N) is 1. The second-order valence-corrected chi connectivity index (χ2v) is 7.49. The molecule has 6 nitrogen and oxygen atoms in total. The lowest BCUT2D eigenvalue weighted by Crippen LogP contribution is -2.30. The second kappa shape index (κ2) is 9.23. The van der Waals surface area contributed by atoms with Gasteiger partial charge in [-0.05, 0) is 43.7 Å². The molecule has 0 aliphatic carbocycles. The lowest BCUT2D eigenvalue weighted by molar-refractivity contribution is -0.123. The summed E-state index contributed by atoms with van der Waals surface area (Å²) in [5, 5.41) is 2.61. The van der Waals surface area contributed by atoms with Crippen molar-refractivity contribution in [3.63, 3.8) is 0 Å². The Hall–Kier alpha value is -2.80. The molecule has 0 fully saturated rings. The molecule has 2 aromatic rings. The Morgan fingerprint density at radius 1 is 1.11 bits per heavy atom. The van der Waals surface area contributed by atoms with E-state index in [4.69, 9.17) is 4.74 Å². The van der Waals surface area contributed by atoms with Crippen LogP contribution in [0.15, 0.2) is 48.5 Å². The summed E-state index contributed by atoms with van der Waals surface area (Å²) < 4.78 is 16.5. The first-order valence-corrected chi connectivity index (χ1v) is 10.0. The number of amides is 1. The first-order valence-electron chi connectivity index (χ1n) is 8.28. The Morgan fingerprint density at radius 2 is 1.81 bits per heavy atom. The van der Waals surface area contributed by atoms with E-state index in [1.807, 2.05) is 0 Å². The average molecular weight is 387 g/mol. The normalized spacial score (nSPS) is 12.7. The summed E-state index contributed by atoms with van der Waals surface area (Å²) >= 11 is 0. The molecule has 2 atom stereocenters. The first kappa shape index (κ1) is 20.5. The third kappa shape index (κ3) is 5.86. The van der Waals surface area contributed by atoms with Crippen LogP contribution in [0.5, 0.6) is 0 Å². The van der Waals surface area contributed by atoms with Gasteiger partial charge in [0.2, 0.25) is 0 Å². The molecule has 0 radical (unpaired) electrons. The van der Waals surface area contributed by atoms with Gasteiger partial charge in [0.15, 0.2) is 11.9 Å². The minimum absolute atomic E-state index is 0.180. The molecule has 0 bridgehead atoms. The Balaban J connectivity index is 2.05. The van der Waals surface area contributed by atoms with Gasteiger partial charge in [0.1, 0.15) is 0 Å². The first-order chi connectivity index (χ1) is 12.8. The fourth-order valence-corrected chi connectivity index (χ4v) is 3.09. The van der Waals surface area contributed by atoms with Crippen LogP contribution in [0.3, 0.4) is 0 Å². The van der Waals surface area contributed by atoms with Gasteiger partial charge in [-0.2, -0.15) is 0 Å². The SMILES string of the molecule is CC(=O)c1ccccc1NC(=O)C(C)OC(=O)c1cccc(CS(C)=O)c1. The molecule has 2 aromatic carbocycles. The van der Waals surface area contributed by atoms with Crippen LogP contribution < -0.4 is 5.32 Å². The van der Waals surface area contributed by atoms with Crippen LogP contribution in [0.2, 0.25) is 0 Å². The van der Waals surface area contributed by atoms with Crippen LogP contribution in [-0.2, 0) is 26.1 Å². The van der Waals surface area contributed by atoms with Crippen molar-refractivity contribution in [3.8, 4) is 0 Å². The van der Waals surface area contributed by atoms with Gasteiger partial charge < -0.3 is 10.1 Å². The summed E-state index contributed by atoms with van der Waals surface area (Å²) in [5.41, 5.74) is 1.77. The van der Waals surface area contributed by atoms with Crippen molar-refractivity contribution in [2.24, 2.45) is 0 Å². The van der Waals surface area contributed by atoms with Crippen molar-refractivity contribution in [1.82, 2.24) is 0 Å². The molecule has 0 spiro atoms. The van der Waals surface area contributed by atoms with Crippen molar-refractivity contribution in [2.45, 2.75) is 25.7 Å². The van der Waals surface area contributed by atoms with Gasteiger partial charge in [-0.25, -0.2) is 4.79 Å². The quantitative estimate of drug-likeness (QED) is 0.583. The molecule has 1 amide bonds. The molecule has 0 aromatic heterocycles. The number of benzene rings is 2. The zero-order valence-corrected chi connectivity index (χ0v) is 16.2. The maximum Gasteiger partial charge on any atom is 0.338 e. The summed E-state index contributed by atoms with van der Waals surface area (Å²) in [5.74, 6) is -1.04. The Morgan fingerprint density at radius 3 is 2.48 bits per heavy atom. The van der Waals surface area contributed by atoms with Gasteiger partial charge >= 0.3 is 5.97 Å². The molecule has 0 heterocycles. The zero-order valence-electron chi connectivity index (χ0n) is 15.4. The van der Waals surface area contributed by atoms with Gasteiger partial charge in [-0.1, -0.05) is 24.3 Å². The number of Topliss-reactive ketones (excluding diaryl/α,β-unsaturated/α-hetero) is 1. The molecule has 7 heteroatoms. The maximum absolute atomic E-state index is 12.3. The molecule has 27 heavy (non-hydrogen) atoms. The number of esters is 1. The predicted octanol–water partition coefficient (Wildman–Crippen LogP) is 2.95. The number of carbonyl (C=O) groups is 3. The van der Waals surface area contributed by atoms with E-state index in [1.165, 1.54) is 13.8 Å². The molecule has 0 aliphatic heterocycles. The van der Waals surface area contributed by atoms with Crippen molar-refractivity contribution in [2.75, 3.05) is 11.6 Å². The summed E-state index contributed by atoms with van der Waals surface area (Å²) in [6.07, 6.45) is 0.525. The summed E-state index contributed by atoms with van der Waals surface area (Å²) in [4.78, 5) is 36.2.